The number of methoxy groups -OCH3 is 1. The zero-order valence-electron chi connectivity index (χ0n) is 16.4. The van der Waals surface area contributed by atoms with E-state index in [1.54, 1.807) is 30.4 Å². The van der Waals surface area contributed by atoms with Gasteiger partial charge in [-0.3, -0.25) is 9.59 Å². The average molecular weight is 389 g/mol. The van der Waals surface area contributed by atoms with E-state index >= 15 is 0 Å². The fourth-order valence-electron chi connectivity index (χ4n) is 3.46. The van der Waals surface area contributed by atoms with E-state index in [0.29, 0.717) is 25.3 Å². The van der Waals surface area contributed by atoms with Gasteiger partial charge in [0.25, 0.3) is 0 Å². The van der Waals surface area contributed by atoms with Gasteiger partial charge in [-0.1, -0.05) is 18.2 Å². The van der Waals surface area contributed by atoms with Crippen molar-refractivity contribution in [1.82, 2.24) is 9.88 Å². The molecular weight excluding hydrogens is 366 g/mol. The van der Waals surface area contributed by atoms with E-state index < -0.39 is 0 Å². The van der Waals surface area contributed by atoms with Crippen molar-refractivity contribution in [1.29, 1.82) is 0 Å². The molecule has 1 saturated heterocycles. The van der Waals surface area contributed by atoms with Gasteiger partial charge in [-0.15, -0.1) is 0 Å². The summed E-state index contributed by atoms with van der Waals surface area (Å²) in [7, 11) is 1.65. The van der Waals surface area contributed by atoms with Crippen LogP contribution in [-0.2, 0) is 16.0 Å². The maximum absolute atomic E-state index is 12.4. The molecule has 29 heavy (non-hydrogen) atoms. The summed E-state index contributed by atoms with van der Waals surface area (Å²) in [6.07, 6.45) is 9.29. The molecule has 0 radical (unpaired) electrons. The first-order valence-electron chi connectivity index (χ1n) is 9.70. The molecule has 6 nitrogen and oxygen atoms in total. The third kappa shape index (κ3) is 4.54. The first-order chi connectivity index (χ1) is 14.1. The lowest BCUT2D eigenvalue weighted by atomic mass is 10.0. The maximum atomic E-state index is 12.4. The quantitative estimate of drug-likeness (QED) is 0.815. The van der Waals surface area contributed by atoms with Crippen LogP contribution in [-0.4, -0.2) is 41.9 Å². The first-order valence-corrected chi connectivity index (χ1v) is 9.70. The number of carbonyl (C=O) groups excluding carboxylic acids is 2. The van der Waals surface area contributed by atoms with Crippen molar-refractivity contribution in [2.45, 2.75) is 19.3 Å². The Kier molecular flexibility index (Phi) is 5.42. The Balaban J connectivity index is 1.34. The number of pyridine rings is 1. The van der Waals surface area contributed by atoms with Gasteiger partial charge < -0.3 is 15.0 Å². The number of fused-ring (bicyclic) bond motifs is 1. The maximum Gasteiger partial charge on any atom is 0.247 e. The minimum absolute atomic E-state index is 0.00556. The zero-order chi connectivity index (χ0) is 20.2. The number of carbonyl (C=O) groups is 2. The number of nitrogens with one attached hydrogen (secondary N) is 1. The molecule has 2 aromatic rings. The Bertz CT molecular complexity index is 985. The Hall–Kier alpha value is -3.41. The molecule has 3 heterocycles. The largest absolute Gasteiger partial charge is 0.497 e. The summed E-state index contributed by atoms with van der Waals surface area (Å²) in [4.78, 5) is 30.1. The minimum Gasteiger partial charge on any atom is -0.497 e. The van der Waals surface area contributed by atoms with Gasteiger partial charge in [0.05, 0.1) is 7.11 Å². The standard InChI is InChI=1S/C23H23N3O3/c1-29-20-8-5-16(6-9-20)11-18-14-26(15-18)22(28)10-7-17-12-19-3-2-4-21(27)25-23(19)24-13-17/h5-13H,2-4,14-15H2,1H3,(H,24,25,27)/b10-7+. The summed E-state index contributed by atoms with van der Waals surface area (Å²) in [6.45, 7) is 1.29. The van der Waals surface area contributed by atoms with E-state index in [4.69, 9.17) is 4.74 Å². The van der Waals surface area contributed by atoms with Crippen molar-refractivity contribution >= 4 is 29.8 Å². The van der Waals surface area contributed by atoms with Gasteiger partial charge in [0.15, 0.2) is 0 Å². The van der Waals surface area contributed by atoms with E-state index in [-0.39, 0.29) is 11.8 Å². The van der Waals surface area contributed by atoms with Gasteiger partial charge in [0.1, 0.15) is 11.6 Å². The molecule has 2 amide bonds. The average Bonchev–Trinajstić information content (AvgIpc) is 2.89. The van der Waals surface area contributed by atoms with Crippen molar-refractivity contribution in [3.05, 3.63) is 64.9 Å². The van der Waals surface area contributed by atoms with Crippen molar-refractivity contribution in [3.8, 4) is 5.75 Å². The van der Waals surface area contributed by atoms with Gasteiger partial charge in [-0.2, -0.15) is 0 Å². The fourth-order valence-corrected chi connectivity index (χ4v) is 3.46. The molecule has 148 valence electrons. The molecule has 6 heteroatoms. The highest BCUT2D eigenvalue weighted by molar-refractivity contribution is 5.94. The lowest BCUT2D eigenvalue weighted by Crippen LogP contribution is -2.43. The van der Waals surface area contributed by atoms with Crippen LogP contribution in [0.4, 0.5) is 5.82 Å². The molecule has 1 aromatic heterocycles. The molecule has 1 fully saturated rings. The molecule has 0 atom stereocenters. The fraction of sp³-hybridized carbons (Fsp3) is 0.261. The second-order valence-electron chi connectivity index (χ2n) is 7.28. The van der Waals surface area contributed by atoms with Crippen molar-refractivity contribution in [2.24, 2.45) is 0 Å². The minimum atomic E-state index is -0.0138. The van der Waals surface area contributed by atoms with Crippen LogP contribution in [0, 0.1) is 0 Å². The number of rotatable bonds is 4. The number of anilines is 1. The molecule has 0 bridgehead atoms. The van der Waals surface area contributed by atoms with Gasteiger partial charge in [-0.25, -0.2) is 4.98 Å². The molecule has 2 aliphatic heterocycles. The molecule has 2 aliphatic rings. The summed E-state index contributed by atoms with van der Waals surface area (Å²) in [6, 6.07) is 9.85. The molecule has 1 aromatic carbocycles. The summed E-state index contributed by atoms with van der Waals surface area (Å²) >= 11 is 0. The second kappa shape index (κ2) is 8.31. The molecule has 1 N–H and O–H groups in total. The summed E-state index contributed by atoms with van der Waals surface area (Å²) in [5.41, 5.74) is 4.20. The SMILES string of the molecule is COc1ccc(C=C2CN(C(=O)/C=C/c3cnc4c(c3)CCCC(=O)N4)C2)cc1. The van der Waals surface area contributed by atoms with Crippen LogP contribution in [0.15, 0.2) is 48.2 Å². The zero-order valence-corrected chi connectivity index (χ0v) is 16.4. The normalized spacial score (nSPS) is 16.0. The van der Waals surface area contributed by atoms with Gasteiger partial charge >= 0.3 is 0 Å². The molecule has 0 unspecified atom stereocenters. The van der Waals surface area contributed by atoms with Crippen molar-refractivity contribution in [3.63, 3.8) is 0 Å². The molecule has 0 saturated carbocycles. The third-order valence-corrected chi connectivity index (χ3v) is 5.10. The number of aromatic nitrogens is 1. The summed E-state index contributed by atoms with van der Waals surface area (Å²) in [5, 5.41) is 2.82. The van der Waals surface area contributed by atoms with Gasteiger partial charge in [0, 0.05) is 31.8 Å². The highest BCUT2D eigenvalue weighted by Gasteiger charge is 2.23. The van der Waals surface area contributed by atoms with Gasteiger partial charge in [-0.05, 0) is 59.4 Å². The molecule has 4 rings (SSSR count). The van der Waals surface area contributed by atoms with Crippen LogP contribution in [0.3, 0.4) is 0 Å². The number of hydrogen-bond donors (Lipinski definition) is 1. The van der Waals surface area contributed by atoms with E-state index in [9.17, 15) is 9.59 Å². The number of likely N-dealkylation sites (tertiary alicyclic amines) is 1. The number of aryl methyl sites for hydroxylation is 1. The van der Waals surface area contributed by atoms with E-state index in [2.05, 4.69) is 16.4 Å². The Morgan fingerprint density at radius 1 is 1.17 bits per heavy atom. The number of nitrogens with zero attached hydrogens (tertiary/aromatic N) is 2. The van der Waals surface area contributed by atoms with E-state index in [1.807, 2.05) is 30.3 Å². The van der Waals surface area contributed by atoms with E-state index in [0.717, 1.165) is 35.3 Å². The number of benzene rings is 1. The number of amides is 2. The van der Waals surface area contributed by atoms with Crippen molar-refractivity contribution in [2.75, 3.05) is 25.5 Å². The van der Waals surface area contributed by atoms with Crippen LogP contribution in [0.1, 0.15) is 29.5 Å². The van der Waals surface area contributed by atoms with Gasteiger partial charge in [0.2, 0.25) is 11.8 Å². The predicted molar refractivity (Wildman–Crippen MR) is 112 cm³/mol. The molecular formula is C23H23N3O3. The Morgan fingerprint density at radius 3 is 2.72 bits per heavy atom. The second-order valence-corrected chi connectivity index (χ2v) is 7.28. The lowest BCUT2D eigenvalue weighted by molar-refractivity contribution is -0.127. The van der Waals surface area contributed by atoms with E-state index in [1.165, 1.54) is 5.57 Å². The number of ether oxygens (including phenoxy) is 1. The first kappa shape index (κ1) is 18.9. The lowest BCUT2D eigenvalue weighted by Gasteiger charge is -2.33. The highest BCUT2D eigenvalue weighted by atomic mass is 16.5. The molecule has 0 spiro atoms. The Morgan fingerprint density at radius 2 is 1.97 bits per heavy atom. The van der Waals surface area contributed by atoms with Crippen LogP contribution in [0.5, 0.6) is 5.75 Å². The topological polar surface area (TPSA) is 71.5 Å². The predicted octanol–water partition coefficient (Wildman–Crippen LogP) is 3.30. The van der Waals surface area contributed by atoms with Crippen LogP contribution in [0.25, 0.3) is 12.2 Å². The van der Waals surface area contributed by atoms with Crippen LogP contribution in [0.2, 0.25) is 0 Å². The van der Waals surface area contributed by atoms with Crippen LogP contribution >= 0.6 is 0 Å². The van der Waals surface area contributed by atoms with Crippen molar-refractivity contribution < 1.29 is 14.3 Å². The molecule has 0 aliphatic carbocycles. The number of hydrogen-bond acceptors (Lipinski definition) is 4. The third-order valence-electron chi connectivity index (χ3n) is 5.10. The summed E-state index contributed by atoms with van der Waals surface area (Å²) in [5.74, 6) is 1.45. The Labute approximate surface area is 169 Å². The monoisotopic (exact) mass is 389 g/mol. The highest BCUT2D eigenvalue weighted by Crippen LogP contribution is 2.22. The van der Waals surface area contributed by atoms with Crippen LogP contribution < -0.4 is 10.1 Å². The summed E-state index contributed by atoms with van der Waals surface area (Å²) < 4.78 is 5.16. The smallest absolute Gasteiger partial charge is 0.247 e.